The molecule has 0 saturated carbocycles. The highest BCUT2D eigenvalue weighted by atomic mass is 16.4. The van der Waals surface area contributed by atoms with Gasteiger partial charge in [-0.25, -0.2) is 4.79 Å². The van der Waals surface area contributed by atoms with E-state index in [0.29, 0.717) is 17.1 Å². The Morgan fingerprint density at radius 1 is 1.22 bits per heavy atom. The highest BCUT2D eigenvalue weighted by Crippen LogP contribution is 2.29. The van der Waals surface area contributed by atoms with Gasteiger partial charge in [-0.15, -0.1) is 0 Å². The topological polar surface area (TPSA) is 112 Å². The summed E-state index contributed by atoms with van der Waals surface area (Å²) in [6.07, 6.45) is 1.46. The molecule has 1 N–H and O–H groups in total. The Bertz CT molecular complexity index is 1080. The van der Waals surface area contributed by atoms with E-state index in [9.17, 15) is 19.6 Å². The van der Waals surface area contributed by atoms with Crippen LogP contribution in [0.2, 0.25) is 0 Å². The predicted molar refractivity (Wildman–Crippen MR) is 95.2 cm³/mol. The van der Waals surface area contributed by atoms with E-state index in [2.05, 4.69) is 0 Å². The van der Waals surface area contributed by atoms with Gasteiger partial charge >= 0.3 is 5.97 Å². The fraction of sp³-hybridized carbons (Fsp3) is 0.100. The Labute approximate surface area is 154 Å². The first kappa shape index (κ1) is 17.9. The molecule has 1 aliphatic heterocycles. The zero-order valence-electron chi connectivity index (χ0n) is 14.5. The van der Waals surface area contributed by atoms with Crippen LogP contribution in [0.4, 0.5) is 0 Å². The summed E-state index contributed by atoms with van der Waals surface area (Å²) in [6.45, 7) is 1.54. The summed E-state index contributed by atoms with van der Waals surface area (Å²) in [7, 11) is 1.31. The monoisotopic (exact) mass is 362 g/mol. The van der Waals surface area contributed by atoms with Crippen LogP contribution in [0.1, 0.15) is 23.0 Å². The quantitative estimate of drug-likeness (QED) is 0.664. The molecule has 2 amide bonds. The maximum atomic E-state index is 12.4. The van der Waals surface area contributed by atoms with Crippen LogP contribution < -0.4 is 0 Å². The van der Waals surface area contributed by atoms with E-state index in [4.69, 9.17) is 9.52 Å². The Morgan fingerprint density at radius 3 is 2.63 bits per heavy atom. The lowest BCUT2D eigenvalue weighted by atomic mass is 9.95. The second kappa shape index (κ2) is 6.77. The van der Waals surface area contributed by atoms with Crippen molar-refractivity contribution in [3.8, 4) is 17.4 Å². The third-order valence-electron chi connectivity index (χ3n) is 4.25. The Morgan fingerprint density at radius 2 is 1.96 bits per heavy atom. The number of benzene rings is 1. The number of carboxylic acids is 1. The first-order valence-electron chi connectivity index (χ1n) is 7.92. The number of aromatic carboxylic acids is 1. The number of likely N-dealkylation sites (N-methyl/N-ethyl adjacent to an activating group) is 1. The van der Waals surface area contributed by atoms with Crippen molar-refractivity contribution < 1.29 is 23.9 Å². The minimum Gasteiger partial charge on any atom is -0.478 e. The lowest BCUT2D eigenvalue weighted by molar-refractivity contribution is -0.138. The van der Waals surface area contributed by atoms with Gasteiger partial charge in [0.05, 0.1) is 5.56 Å². The van der Waals surface area contributed by atoms with Gasteiger partial charge < -0.3 is 9.52 Å². The minimum absolute atomic E-state index is 0.0933. The van der Waals surface area contributed by atoms with Crippen molar-refractivity contribution in [3.63, 3.8) is 0 Å². The van der Waals surface area contributed by atoms with Gasteiger partial charge in [-0.1, -0.05) is 12.1 Å². The Hall–Kier alpha value is -3.92. The molecular weight excluding hydrogens is 348 g/mol. The SMILES string of the molecule is CC1=C(C#N)C(=O)N(C)C(=O)/C1=C/c1ccc(-c2cccc(C(=O)O)c2)o1. The maximum Gasteiger partial charge on any atom is 0.335 e. The van der Waals surface area contributed by atoms with Crippen molar-refractivity contribution in [2.45, 2.75) is 6.92 Å². The molecule has 134 valence electrons. The van der Waals surface area contributed by atoms with Crippen LogP contribution in [-0.4, -0.2) is 34.8 Å². The molecule has 0 atom stereocenters. The molecular formula is C20H14N2O5. The number of carbonyl (C=O) groups excluding carboxylic acids is 2. The van der Waals surface area contributed by atoms with Crippen LogP contribution in [0.25, 0.3) is 17.4 Å². The molecule has 0 fully saturated rings. The standard InChI is InChI=1S/C20H14N2O5/c1-11-15(18(23)22(2)19(24)16(11)10-21)9-14-6-7-17(27-14)12-4-3-5-13(8-12)20(25)26/h3-9H,1-2H3,(H,25,26)/b15-9+. The van der Waals surface area contributed by atoms with E-state index in [1.165, 1.54) is 32.2 Å². The molecule has 0 spiro atoms. The first-order valence-corrected chi connectivity index (χ1v) is 7.92. The zero-order chi connectivity index (χ0) is 19.7. The number of nitrogens with zero attached hydrogens (tertiary/aromatic N) is 2. The number of carbonyl (C=O) groups is 3. The van der Waals surface area contributed by atoms with E-state index in [1.54, 1.807) is 24.3 Å². The summed E-state index contributed by atoms with van der Waals surface area (Å²) >= 11 is 0. The van der Waals surface area contributed by atoms with Crippen LogP contribution in [-0.2, 0) is 9.59 Å². The molecule has 1 aromatic heterocycles. The van der Waals surface area contributed by atoms with Crippen LogP contribution in [0.3, 0.4) is 0 Å². The van der Waals surface area contributed by atoms with Gasteiger partial charge in [0.2, 0.25) is 0 Å². The zero-order valence-corrected chi connectivity index (χ0v) is 14.5. The molecule has 7 heteroatoms. The summed E-state index contributed by atoms with van der Waals surface area (Å²) in [5.41, 5.74) is 1.09. The number of nitriles is 1. The average molecular weight is 362 g/mol. The van der Waals surface area contributed by atoms with Crippen LogP contribution in [0, 0.1) is 11.3 Å². The van der Waals surface area contributed by atoms with E-state index < -0.39 is 17.8 Å². The fourth-order valence-corrected chi connectivity index (χ4v) is 2.73. The number of hydrogen-bond donors (Lipinski definition) is 1. The molecule has 0 aliphatic carbocycles. The van der Waals surface area contributed by atoms with Gasteiger partial charge in [0.25, 0.3) is 11.8 Å². The molecule has 1 aromatic carbocycles. The fourth-order valence-electron chi connectivity index (χ4n) is 2.73. The lowest BCUT2D eigenvalue weighted by Gasteiger charge is -2.23. The molecule has 1 aliphatic rings. The van der Waals surface area contributed by atoms with Crippen molar-refractivity contribution in [1.29, 1.82) is 5.26 Å². The van der Waals surface area contributed by atoms with Crippen LogP contribution in [0.5, 0.6) is 0 Å². The van der Waals surface area contributed by atoms with E-state index >= 15 is 0 Å². The maximum absolute atomic E-state index is 12.4. The summed E-state index contributed by atoms with van der Waals surface area (Å²) < 4.78 is 5.70. The van der Waals surface area contributed by atoms with Crippen molar-refractivity contribution in [1.82, 2.24) is 4.90 Å². The molecule has 0 saturated heterocycles. The van der Waals surface area contributed by atoms with Crippen LogP contribution in [0.15, 0.2) is 57.5 Å². The summed E-state index contributed by atoms with van der Waals surface area (Å²) in [5, 5.41) is 18.3. The van der Waals surface area contributed by atoms with E-state index in [1.807, 2.05) is 6.07 Å². The van der Waals surface area contributed by atoms with Gasteiger partial charge in [0.1, 0.15) is 23.2 Å². The van der Waals surface area contributed by atoms with Crippen molar-refractivity contribution in [2.75, 3.05) is 7.05 Å². The van der Waals surface area contributed by atoms with Crippen molar-refractivity contribution in [2.24, 2.45) is 0 Å². The molecule has 2 heterocycles. The Balaban J connectivity index is 2.02. The molecule has 0 bridgehead atoms. The summed E-state index contributed by atoms with van der Waals surface area (Å²) in [6, 6.07) is 11.4. The van der Waals surface area contributed by atoms with Gasteiger partial charge in [-0.3, -0.25) is 14.5 Å². The smallest absolute Gasteiger partial charge is 0.335 e. The van der Waals surface area contributed by atoms with Gasteiger partial charge in [-0.05, 0) is 42.8 Å². The predicted octanol–water partition coefficient (Wildman–Crippen LogP) is 2.87. The number of hydrogen-bond acceptors (Lipinski definition) is 5. The van der Waals surface area contributed by atoms with Gasteiger partial charge in [0.15, 0.2) is 0 Å². The highest BCUT2D eigenvalue weighted by Gasteiger charge is 2.33. The normalized spacial score (nSPS) is 16.0. The molecule has 3 rings (SSSR count). The second-order valence-corrected chi connectivity index (χ2v) is 5.93. The first-order chi connectivity index (χ1) is 12.8. The van der Waals surface area contributed by atoms with Crippen LogP contribution >= 0.6 is 0 Å². The number of furan rings is 1. The van der Waals surface area contributed by atoms with Gasteiger partial charge in [-0.2, -0.15) is 5.26 Å². The number of amides is 2. The molecule has 2 aromatic rings. The molecule has 7 nitrogen and oxygen atoms in total. The third-order valence-corrected chi connectivity index (χ3v) is 4.25. The lowest BCUT2D eigenvalue weighted by Crippen LogP contribution is -2.39. The average Bonchev–Trinajstić information content (AvgIpc) is 3.13. The molecule has 0 radical (unpaired) electrons. The molecule has 27 heavy (non-hydrogen) atoms. The number of imide groups is 1. The van der Waals surface area contributed by atoms with Gasteiger partial charge in [0, 0.05) is 18.2 Å². The second-order valence-electron chi connectivity index (χ2n) is 5.93. The van der Waals surface area contributed by atoms with E-state index in [-0.39, 0.29) is 22.3 Å². The number of carboxylic acid groups (broad SMARTS) is 1. The van der Waals surface area contributed by atoms with Crippen molar-refractivity contribution >= 4 is 23.9 Å². The minimum atomic E-state index is -1.05. The highest BCUT2D eigenvalue weighted by molar-refractivity contribution is 6.19. The Kier molecular flexibility index (Phi) is 4.48. The third kappa shape index (κ3) is 3.16. The van der Waals surface area contributed by atoms with Crippen molar-refractivity contribution in [3.05, 3.63) is 64.4 Å². The summed E-state index contributed by atoms with van der Waals surface area (Å²) in [5.74, 6) is -1.44. The molecule has 0 unspecified atom stereocenters. The number of rotatable bonds is 3. The summed E-state index contributed by atoms with van der Waals surface area (Å²) in [4.78, 5) is 36.4. The van der Waals surface area contributed by atoms with E-state index in [0.717, 1.165) is 4.90 Å². The largest absolute Gasteiger partial charge is 0.478 e.